The summed E-state index contributed by atoms with van der Waals surface area (Å²) in [5.41, 5.74) is 2.04. The van der Waals surface area contributed by atoms with E-state index in [-0.39, 0.29) is 17.4 Å². The normalized spacial score (nSPS) is 15.3. The number of sulfonamides is 1. The molecule has 0 saturated carbocycles. The van der Waals surface area contributed by atoms with Crippen LogP contribution in [-0.2, 0) is 14.8 Å². The van der Waals surface area contributed by atoms with Gasteiger partial charge in [-0.15, -0.1) is 0 Å². The molecule has 0 aromatic heterocycles. The van der Waals surface area contributed by atoms with Gasteiger partial charge in [-0.3, -0.25) is 9.52 Å². The number of anilines is 2. The van der Waals surface area contributed by atoms with Crippen molar-refractivity contribution in [2.75, 3.05) is 16.6 Å². The number of benzene rings is 3. The van der Waals surface area contributed by atoms with Crippen LogP contribution in [0.15, 0.2) is 77.7 Å². The van der Waals surface area contributed by atoms with Crippen LogP contribution in [0, 0.1) is 5.41 Å². The molecule has 0 atom stereocenters. The first-order valence-electron chi connectivity index (χ1n) is 9.51. The van der Waals surface area contributed by atoms with Gasteiger partial charge in [0.1, 0.15) is 12.4 Å². The number of nitrogens with one attached hydrogen (secondary N) is 2. The molecular formula is C23H22N2O4S. The Bertz CT molecular complexity index is 1190. The quantitative estimate of drug-likeness (QED) is 0.648. The maximum atomic E-state index is 12.8. The van der Waals surface area contributed by atoms with Crippen molar-refractivity contribution >= 4 is 27.3 Å². The minimum atomic E-state index is -3.79. The minimum absolute atomic E-state index is 0.151. The second-order valence-corrected chi connectivity index (χ2v) is 9.52. The van der Waals surface area contributed by atoms with Gasteiger partial charge in [-0.25, -0.2) is 8.42 Å². The molecule has 3 aromatic rings. The highest BCUT2D eigenvalue weighted by Gasteiger charge is 2.32. The molecule has 0 saturated heterocycles. The number of carbonyl (C=O) groups excluding carboxylic acids is 1. The number of ether oxygens (including phenoxy) is 1. The molecule has 1 aliphatic heterocycles. The molecule has 0 spiro atoms. The highest BCUT2D eigenvalue weighted by molar-refractivity contribution is 7.92. The predicted octanol–water partition coefficient (Wildman–Crippen LogP) is 4.51. The fraction of sp³-hybridized carbons (Fsp3) is 0.174. The van der Waals surface area contributed by atoms with E-state index in [1.54, 1.807) is 56.3 Å². The van der Waals surface area contributed by atoms with E-state index in [1.807, 2.05) is 30.3 Å². The summed E-state index contributed by atoms with van der Waals surface area (Å²) in [7, 11) is -3.79. The Morgan fingerprint density at radius 1 is 0.933 bits per heavy atom. The molecule has 4 rings (SSSR count). The number of carbonyl (C=O) groups is 1. The van der Waals surface area contributed by atoms with Gasteiger partial charge >= 0.3 is 0 Å². The van der Waals surface area contributed by atoms with Crippen molar-refractivity contribution in [2.45, 2.75) is 18.7 Å². The lowest BCUT2D eigenvalue weighted by molar-refractivity contribution is -0.124. The van der Waals surface area contributed by atoms with Crippen LogP contribution in [0.1, 0.15) is 13.8 Å². The van der Waals surface area contributed by atoms with E-state index in [1.165, 1.54) is 0 Å². The van der Waals surface area contributed by atoms with Gasteiger partial charge in [-0.2, -0.15) is 0 Å². The Morgan fingerprint density at radius 2 is 1.60 bits per heavy atom. The maximum Gasteiger partial charge on any atom is 0.261 e. The smallest absolute Gasteiger partial charge is 0.261 e. The largest absolute Gasteiger partial charge is 0.490 e. The second kappa shape index (κ2) is 7.50. The predicted molar refractivity (Wildman–Crippen MR) is 117 cm³/mol. The van der Waals surface area contributed by atoms with Crippen molar-refractivity contribution in [2.24, 2.45) is 5.41 Å². The van der Waals surface area contributed by atoms with Crippen LogP contribution in [0.5, 0.6) is 5.75 Å². The standard InChI is InChI=1S/C23H22N2O4S/c1-23(2)15-29-21-13-10-18(14-20(21)24-22(23)26)25-30(27,28)19-11-8-17(9-12-19)16-6-4-3-5-7-16/h3-14,25H,15H2,1-2H3,(H,24,26). The summed E-state index contributed by atoms with van der Waals surface area (Å²) in [6.45, 7) is 3.82. The summed E-state index contributed by atoms with van der Waals surface area (Å²) in [5.74, 6) is 0.321. The first-order valence-corrected chi connectivity index (χ1v) is 11.0. The van der Waals surface area contributed by atoms with Gasteiger partial charge in [0, 0.05) is 0 Å². The molecule has 154 valence electrons. The maximum absolute atomic E-state index is 12.8. The van der Waals surface area contributed by atoms with E-state index in [9.17, 15) is 13.2 Å². The molecule has 0 bridgehead atoms. The van der Waals surface area contributed by atoms with Crippen molar-refractivity contribution < 1.29 is 17.9 Å². The Labute approximate surface area is 176 Å². The van der Waals surface area contributed by atoms with Crippen molar-refractivity contribution in [1.82, 2.24) is 0 Å². The molecule has 0 unspecified atom stereocenters. The molecule has 30 heavy (non-hydrogen) atoms. The molecule has 0 aliphatic carbocycles. The molecule has 6 nitrogen and oxygen atoms in total. The molecule has 1 heterocycles. The molecule has 1 aliphatic rings. The summed E-state index contributed by atoms with van der Waals surface area (Å²) in [4.78, 5) is 12.5. The van der Waals surface area contributed by atoms with E-state index in [4.69, 9.17) is 4.74 Å². The Morgan fingerprint density at radius 3 is 2.30 bits per heavy atom. The average Bonchev–Trinajstić information content (AvgIpc) is 2.84. The van der Waals surface area contributed by atoms with Gasteiger partial charge in [0.25, 0.3) is 10.0 Å². The van der Waals surface area contributed by atoms with Crippen LogP contribution in [-0.4, -0.2) is 20.9 Å². The van der Waals surface area contributed by atoms with Crippen LogP contribution in [0.25, 0.3) is 11.1 Å². The highest BCUT2D eigenvalue weighted by atomic mass is 32.2. The fourth-order valence-corrected chi connectivity index (χ4v) is 4.15. The molecule has 3 aromatic carbocycles. The van der Waals surface area contributed by atoms with Gasteiger partial charge in [0.05, 0.1) is 21.7 Å². The summed E-state index contributed by atoms with van der Waals surface area (Å²) < 4.78 is 33.9. The van der Waals surface area contributed by atoms with Crippen molar-refractivity contribution in [3.8, 4) is 16.9 Å². The van der Waals surface area contributed by atoms with Gasteiger partial charge < -0.3 is 10.1 Å². The zero-order chi connectivity index (χ0) is 21.4. The van der Waals surface area contributed by atoms with Crippen molar-refractivity contribution in [3.05, 3.63) is 72.8 Å². The average molecular weight is 423 g/mol. The summed E-state index contributed by atoms with van der Waals surface area (Å²) >= 11 is 0. The number of amides is 1. The Kier molecular flexibility index (Phi) is 4.99. The third-order valence-corrected chi connectivity index (χ3v) is 6.35. The van der Waals surface area contributed by atoms with Crippen molar-refractivity contribution in [1.29, 1.82) is 0 Å². The Hall–Kier alpha value is -3.32. The number of hydrogen-bond donors (Lipinski definition) is 2. The van der Waals surface area contributed by atoms with E-state index >= 15 is 0 Å². The van der Waals surface area contributed by atoms with Gasteiger partial charge in [0.15, 0.2) is 0 Å². The molecule has 2 N–H and O–H groups in total. The number of rotatable bonds is 4. The molecule has 0 fully saturated rings. The lowest BCUT2D eigenvalue weighted by atomic mass is 9.94. The van der Waals surface area contributed by atoms with Gasteiger partial charge in [-0.1, -0.05) is 42.5 Å². The summed E-state index contributed by atoms with van der Waals surface area (Å²) in [6, 6.07) is 21.2. The molecule has 0 radical (unpaired) electrons. The monoisotopic (exact) mass is 422 g/mol. The zero-order valence-electron chi connectivity index (χ0n) is 16.7. The summed E-state index contributed by atoms with van der Waals surface area (Å²) in [6.07, 6.45) is 0. The third kappa shape index (κ3) is 4.02. The molecule has 1 amide bonds. The number of fused-ring (bicyclic) bond motifs is 1. The molecule has 7 heteroatoms. The Balaban J connectivity index is 1.56. The van der Waals surface area contributed by atoms with E-state index in [2.05, 4.69) is 10.0 Å². The van der Waals surface area contributed by atoms with Crippen LogP contribution >= 0.6 is 0 Å². The number of hydrogen-bond acceptors (Lipinski definition) is 4. The topological polar surface area (TPSA) is 84.5 Å². The van der Waals surface area contributed by atoms with E-state index in [0.29, 0.717) is 17.1 Å². The summed E-state index contributed by atoms with van der Waals surface area (Å²) in [5, 5.41) is 2.81. The van der Waals surface area contributed by atoms with E-state index < -0.39 is 15.4 Å². The second-order valence-electron chi connectivity index (χ2n) is 7.83. The van der Waals surface area contributed by atoms with Crippen molar-refractivity contribution in [3.63, 3.8) is 0 Å². The van der Waals surface area contributed by atoms with Crippen LogP contribution in [0.4, 0.5) is 11.4 Å². The van der Waals surface area contributed by atoms with Crippen LogP contribution in [0.2, 0.25) is 0 Å². The third-order valence-electron chi connectivity index (χ3n) is 4.95. The lowest BCUT2D eigenvalue weighted by Crippen LogP contribution is -2.33. The molecular weight excluding hydrogens is 400 g/mol. The van der Waals surface area contributed by atoms with Gasteiger partial charge in [0.2, 0.25) is 5.91 Å². The highest BCUT2D eigenvalue weighted by Crippen LogP contribution is 2.34. The van der Waals surface area contributed by atoms with Crippen LogP contribution < -0.4 is 14.8 Å². The van der Waals surface area contributed by atoms with E-state index in [0.717, 1.165) is 11.1 Å². The zero-order valence-corrected chi connectivity index (χ0v) is 17.5. The van der Waals surface area contributed by atoms with Gasteiger partial charge in [-0.05, 0) is 55.3 Å². The SMILES string of the molecule is CC1(C)COc2ccc(NS(=O)(=O)c3ccc(-c4ccccc4)cc3)cc2NC1=O. The first kappa shape index (κ1) is 20.0. The lowest BCUT2D eigenvalue weighted by Gasteiger charge is -2.18. The fourth-order valence-electron chi connectivity index (χ4n) is 3.10. The van der Waals surface area contributed by atoms with Crippen LogP contribution in [0.3, 0.4) is 0 Å². The first-order chi connectivity index (χ1) is 14.2. The minimum Gasteiger partial charge on any atom is -0.490 e.